The van der Waals surface area contributed by atoms with E-state index in [4.69, 9.17) is 34.4 Å². The molecule has 0 bridgehead atoms. The topological polar surface area (TPSA) is 91.1 Å². The van der Waals surface area contributed by atoms with Crippen LogP contribution in [0.3, 0.4) is 0 Å². The highest BCUT2D eigenvalue weighted by atomic mass is 16.5. The summed E-state index contributed by atoms with van der Waals surface area (Å²) in [5.74, 6) is 4.29. The molecular formula is C62H37N7O2. The van der Waals surface area contributed by atoms with Crippen LogP contribution in [-0.2, 0) is 5.41 Å². The van der Waals surface area contributed by atoms with Crippen molar-refractivity contribution in [3.8, 4) is 74.4 Å². The lowest BCUT2D eigenvalue weighted by molar-refractivity contribution is 0.391. The van der Waals surface area contributed by atoms with E-state index in [1.807, 2.05) is 103 Å². The third-order valence-corrected chi connectivity index (χ3v) is 14.2. The van der Waals surface area contributed by atoms with E-state index >= 15 is 0 Å². The molecule has 1 aliphatic carbocycles. The maximum absolute atomic E-state index is 7.16. The fourth-order valence-electron chi connectivity index (χ4n) is 11.2. The summed E-state index contributed by atoms with van der Waals surface area (Å²) >= 11 is 0. The number of nitrogens with zero attached hydrogens (tertiary/aromatic N) is 7. The van der Waals surface area contributed by atoms with Gasteiger partial charge in [-0.15, -0.1) is 0 Å². The van der Waals surface area contributed by atoms with Gasteiger partial charge in [0.2, 0.25) is 0 Å². The molecule has 0 radical (unpaired) electrons. The molecule has 1 unspecified atom stereocenters. The van der Waals surface area contributed by atoms with Crippen molar-refractivity contribution in [2.45, 2.75) is 5.41 Å². The standard InChI is InChI=1S/C62H37N7O2/c1-4-17-38(18-5-1)59-65-60(39-19-6-2-7-20-39)67-61(66-59)48-34-32-46-56(64-48)55-45(25-16-36-63-55)62(46)44-24-11-14-28-53(44)70-57-47(62)33-35-51-58(57)71-54-29-15-13-27-50(54)69(51)41-30-31-43-42-23-10-12-26-49(42)68(52(43)37-41)40-21-8-3-9-22-40/h1-37H. The lowest BCUT2D eigenvalue weighted by atomic mass is 9.66. The fourth-order valence-corrected chi connectivity index (χ4v) is 11.2. The molecule has 9 heteroatoms. The molecule has 4 aromatic heterocycles. The largest absolute Gasteiger partial charge is 0.453 e. The molecule has 1 atom stereocenters. The van der Waals surface area contributed by atoms with Crippen LogP contribution in [-0.4, -0.2) is 29.5 Å². The minimum Gasteiger partial charge on any atom is -0.453 e. The minimum absolute atomic E-state index is 0.468. The Morgan fingerprint density at radius 3 is 1.80 bits per heavy atom. The zero-order chi connectivity index (χ0) is 46.6. The first-order valence-electron chi connectivity index (χ1n) is 23.7. The van der Waals surface area contributed by atoms with Gasteiger partial charge >= 0.3 is 0 Å². The van der Waals surface area contributed by atoms with Gasteiger partial charge in [0.1, 0.15) is 11.4 Å². The van der Waals surface area contributed by atoms with Crippen molar-refractivity contribution in [2.24, 2.45) is 0 Å². The Morgan fingerprint density at radius 1 is 0.380 bits per heavy atom. The smallest absolute Gasteiger partial charge is 0.194 e. The van der Waals surface area contributed by atoms with Crippen LogP contribution in [0.25, 0.3) is 73.2 Å². The molecule has 332 valence electrons. The van der Waals surface area contributed by atoms with Gasteiger partial charge in [-0.3, -0.25) is 4.98 Å². The number of anilines is 3. The maximum Gasteiger partial charge on any atom is 0.194 e. The molecule has 1 spiro atoms. The number of fused-ring (bicyclic) bond motifs is 15. The van der Waals surface area contributed by atoms with E-state index in [0.717, 1.165) is 90.1 Å². The normalized spacial score (nSPS) is 14.7. The fraction of sp³-hybridized carbons (Fsp3) is 0.0161. The minimum atomic E-state index is -0.881. The van der Waals surface area contributed by atoms with Crippen molar-refractivity contribution >= 4 is 38.9 Å². The van der Waals surface area contributed by atoms with E-state index in [9.17, 15) is 0 Å². The number of para-hydroxylation sites is 5. The monoisotopic (exact) mass is 911 g/mol. The van der Waals surface area contributed by atoms with E-state index in [2.05, 4.69) is 131 Å². The van der Waals surface area contributed by atoms with Crippen molar-refractivity contribution in [1.29, 1.82) is 0 Å². The highest BCUT2D eigenvalue weighted by Crippen LogP contribution is 2.66. The summed E-state index contributed by atoms with van der Waals surface area (Å²) in [5.41, 5.74) is 13.0. The molecular weight excluding hydrogens is 875 g/mol. The van der Waals surface area contributed by atoms with Crippen LogP contribution in [0.15, 0.2) is 225 Å². The third kappa shape index (κ3) is 5.71. The molecule has 9 nitrogen and oxygen atoms in total. The van der Waals surface area contributed by atoms with Gasteiger partial charge in [0.15, 0.2) is 34.7 Å². The van der Waals surface area contributed by atoms with Gasteiger partial charge in [0.05, 0.1) is 39.2 Å². The first-order valence-corrected chi connectivity index (χ1v) is 23.7. The Morgan fingerprint density at radius 2 is 1.00 bits per heavy atom. The first-order chi connectivity index (χ1) is 35.2. The third-order valence-electron chi connectivity index (χ3n) is 14.2. The molecule has 0 fully saturated rings. The number of pyridine rings is 2. The van der Waals surface area contributed by atoms with E-state index in [-0.39, 0.29) is 0 Å². The van der Waals surface area contributed by atoms with Crippen LogP contribution in [0.5, 0.6) is 23.0 Å². The lowest BCUT2D eigenvalue weighted by Gasteiger charge is -2.41. The summed E-state index contributed by atoms with van der Waals surface area (Å²) in [6.45, 7) is 0. The second kappa shape index (κ2) is 15.1. The molecule has 6 heterocycles. The van der Waals surface area contributed by atoms with E-state index in [1.165, 1.54) is 10.8 Å². The molecule has 0 amide bonds. The summed E-state index contributed by atoms with van der Waals surface area (Å²) in [6, 6.07) is 75.2. The number of rotatable bonds is 5. The molecule has 0 saturated heterocycles. The Kier molecular flexibility index (Phi) is 8.37. The van der Waals surface area contributed by atoms with E-state index in [1.54, 1.807) is 0 Å². The number of ether oxygens (including phenoxy) is 2. The maximum atomic E-state index is 7.16. The number of aromatic nitrogens is 6. The van der Waals surface area contributed by atoms with Crippen molar-refractivity contribution in [2.75, 3.05) is 4.90 Å². The predicted octanol–water partition coefficient (Wildman–Crippen LogP) is 14.8. The zero-order valence-corrected chi connectivity index (χ0v) is 37.8. The number of benzene rings is 8. The van der Waals surface area contributed by atoms with Crippen LogP contribution >= 0.6 is 0 Å². The van der Waals surface area contributed by atoms with Gasteiger partial charge in [0.25, 0.3) is 0 Å². The van der Waals surface area contributed by atoms with Crippen molar-refractivity contribution in [3.63, 3.8) is 0 Å². The Labute approximate surface area is 407 Å². The summed E-state index contributed by atoms with van der Waals surface area (Å²) in [6.07, 6.45) is 1.84. The summed E-state index contributed by atoms with van der Waals surface area (Å²) in [4.78, 5) is 27.9. The average molecular weight is 912 g/mol. The van der Waals surface area contributed by atoms with E-state index in [0.29, 0.717) is 34.7 Å². The molecule has 3 aliphatic rings. The summed E-state index contributed by atoms with van der Waals surface area (Å²) in [7, 11) is 0. The van der Waals surface area contributed by atoms with Crippen LogP contribution < -0.4 is 14.4 Å². The highest BCUT2D eigenvalue weighted by molar-refractivity contribution is 6.10. The van der Waals surface area contributed by atoms with Gasteiger partial charge in [0, 0.05) is 50.6 Å². The van der Waals surface area contributed by atoms with Gasteiger partial charge in [-0.2, -0.15) is 0 Å². The van der Waals surface area contributed by atoms with Crippen molar-refractivity contribution in [1.82, 2.24) is 29.5 Å². The quantitative estimate of drug-likeness (QED) is 0.169. The molecule has 0 saturated carbocycles. The zero-order valence-electron chi connectivity index (χ0n) is 37.8. The lowest BCUT2D eigenvalue weighted by Crippen LogP contribution is -2.33. The van der Waals surface area contributed by atoms with Crippen LogP contribution in [0.4, 0.5) is 17.1 Å². The molecule has 12 aromatic rings. The van der Waals surface area contributed by atoms with Crippen LogP contribution in [0.2, 0.25) is 0 Å². The molecule has 71 heavy (non-hydrogen) atoms. The van der Waals surface area contributed by atoms with Crippen LogP contribution in [0, 0.1) is 0 Å². The van der Waals surface area contributed by atoms with Crippen molar-refractivity contribution in [3.05, 3.63) is 247 Å². The molecule has 15 rings (SSSR count). The second-order valence-corrected chi connectivity index (χ2v) is 18.0. The molecule has 8 aromatic carbocycles. The average Bonchev–Trinajstić information content (AvgIpc) is 3.93. The Bertz CT molecular complexity index is 4080. The van der Waals surface area contributed by atoms with Crippen LogP contribution in [0.1, 0.15) is 22.3 Å². The second-order valence-electron chi connectivity index (χ2n) is 18.0. The first kappa shape index (κ1) is 39.3. The van der Waals surface area contributed by atoms with Gasteiger partial charge in [-0.1, -0.05) is 152 Å². The van der Waals surface area contributed by atoms with Gasteiger partial charge in [-0.25, -0.2) is 19.9 Å². The summed E-state index contributed by atoms with van der Waals surface area (Å²) < 4.78 is 16.6. The number of hydrogen-bond donors (Lipinski definition) is 0. The molecule has 2 aliphatic heterocycles. The molecule has 0 N–H and O–H groups in total. The van der Waals surface area contributed by atoms with E-state index < -0.39 is 5.41 Å². The number of hydrogen-bond acceptors (Lipinski definition) is 8. The SMILES string of the molecule is c1ccc(-c2nc(-c3ccccc3)nc(-c3ccc4c(n3)-c3ncccc3C43c4ccccc4Oc4c3ccc3c4Oc4ccccc4N3c3ccc4c5ccccc5n(-c5ccccc5)c4c3)n2)cc1. The predicted molar refractivity (Wildman–Crippen MR) is 278 cm³/mol. The highest BCUT2D eigenvalue weighted by Gasteiger charge is 2.54. The van der Waals surface area contributed by atoms with Gasteiger partial charge < -0.3 is 18.9 Å². The van der Waals surface area contributed by atoms with Crippen molar-refractivity contribution < 1.29 is 9.47 Å². The Hall–Kier alpha value is -9.73. The Balaban J connectivity index is 0.939. The van der Waals surface area contributed by atoms with Gasteiger partial charge in [-0.05, 0) is 77.9 Å². The summed E-state index contributed by atoms with van der Waals surface area (Å²) in [5, 5.41) is 2.37.